The van der Waals surface area contributed by atoms with Crippen molar-refractivity contribution in [2.24, 2.45) is 0 Å². The molecule has 0 unspecified atom stereocenters. The molecule has 1 atom stereocenters. The van der Waals surface area contributed by atoms with Crippen molar-refractivity contribution in [3.63, 3.8) is 0 Å². The Bertz CT molecular complexity index is 260. The van der Waals surface area contributed by atoms with E-state index in [1.807, 2.05) is 0 Å². The number of quaternary nitrogens is 1. The topological polar surface area (TPSA) is 74.2 Å². The molecule has 0 saturated heterocycles. The number of carbonyl (C=O) groups excluding carboxylic acids is 1. The molecule has 0 fully saturated rings. The summed E-state index contributed by atoms with van der Waals surface area (Å²) in [5.41, 5.74) is 3.77. The molecule has 0 heterocycles. The Balaban J connectivity index is 0. The number of methoxy groups -OCH3 is 1. The molecule has 0 saturated carbocycles. The van der Waals surface area contributed by atoms with Crippen LogP contribution in [-0.2, 0) is 9.53 Å². The zero-order valence-corrected chi connectivity index (χ0v) is 14.1. The van der Waals surface area contributed by atoms with E-state index in [2.05, 4.69) is 22.6 Å². The summed E-state index contributed by atoms with van der Waals surface area (Å²) in [6.45, 7) is 0.328. The molecule has 0 amide bonds. The van der Waals surface area contributed by atoms with Crippen LogP contribution in [0.15, 0.2) is 12.2 Å². The zero-order chi connectivity index (χ0) is 15.1. The summed E-state index contributed by atoms with van der Waals surface area (Å²) in [4.78, 5) is 11.1. The third kappa shape index (κ3) is 15.6. The summed E-state index contributed by atoms with van der Waals surface area (Å²) in [6.07, 6.45) is 15.6. The van der Waals surface area contributed by atoms with E-state index in [1.54, 1.807) is 0 Å². The second-order valence-electron chi connectivity index (χ2n) is 5.26. The van der Waals surface area contributed by atoms with Gasteiger partial charge in [-0.25, -0.2) is 4.79 Å². The van der Waals surface area contributed by atoms with Gasteiger partial charge in [0.25, 0.3) is 0 Å². The SMILES string of the molecule is COC(=O)[C@@H]([NH3+])CC/C=C\CCCCCCCCCO.[Cl-]. The molecule has 4 N–H and O–H groups in total. The Hall–Kier alpha value is -0.580. The lowest BCUT2D eigenvalue weighted by atomic mass is 10.1. The van der Waals surface area contributed by atoms with Gasteiger partial charge in [-0.2, -0.15) is 0 Å². The number of rotatable bonds is 13. The molecule has 4 nitrogen and oxygen atoms in total. The van der Waals surface area contributed by atoms with Crippen molar-refractivity contribution >= 4 is 5.97 Å². The predicted molar refractivity (Wildman–Crippen MR) is 81.1 cm³/mol. The Morgan fingerprint density at radius 3 is 2.14 bits per heavy atom. The van der Waals surface area contributed by atoms with Crippen LogP contribution in [0.1, 0.15) is 64.2 Å². The van der Waals surface area contributed by atoms with Gasteiger partial charge in [-0.05, 0) is 25.7 Å². The summed E-state index contributed by atoms with van der Waals surface area (Å²) < 4.78 is 4.63. The maximum atomic E-state index is 11.1. The molecule has 0 rings (SSSR count). The maximum absolute atomic E-state index is 11.1. The Labute approximate surface area is 135 Å². The molecule has 0 aromatic heterocycles. The van der Waals surface area contributed by atoms with Crippen molar-refractivity contribution in [1.82, 2.24) is 0 Å². The van der Waals surface area contributed by atoms with Crippen molar-refractivity contribution < 1.29 is 32.8 Å². The smallest absolute Gasteiger partial charge is 0.364 e. The zero-order valence-electron chi connectivity index (χ0n) is 13.4. The second kappa shape index (κ2) is 17.5. The number of halogens is 1. The molecule has 0 bridgehead atoms. The van der Waals surface area contributed by atoms with E-state index >= 15 is 0 Å². The van der Waals surface area contributed by atoms with Gasteiger partial charge in [0.2, 0.25) is 0 Å². The first-order valence-electron chi connectivity index (χ1n) is 7.89. The lowest BCUT2D eigenvalue weighted by molar-refractivity contribution is -0.409. The van der Waals surface area contributed by atoms with Gasteiger partial charge in [0.15, 0.2) is 6.04 Å². The van der Waals surface area contributed by atoms with Crippen LogP contribution < -0.4 is 18.1 Å². The minimum atomic E-state index is -0.247. The molecule has 126 valence electrons. The van der Waals surface area contributed by atoms with Crippen molar-refractivity contribution in [2.75, 3.05) is 13.7 Å². The Morgan fingerprint density at radius 1 is 1.05 bits per heavy atom. The number of hydrogen-bond acceptors (Lipinski definition) is 3. The monoisotopic (exact) mass is 321 g/mol. The second-order valence-corrected chi connectivity index (χ2v) is 5.26. The third-order valence-corrected chi connectivity index (χ3v) is 3.41. The van der Waals surface area contributed by atoms with Crippen molar-refractivity contribution in [1.29, 1.82) is 0 Å². The summed E-state index contributed by atoms with van der Waals surface area (Å²) in [7, 11) is 1.40. The molecule has 0 spiro atoms. The number of hydrogen-bond donors (Lipinski definition) is 2. The number of unbranched alkanes of at least 4 members (excludes halogenated alkanes) is 7. The largest absolute Gasteiger partial charge is 1.00 e. The van der Waals surface area contributed by atoms with Crippen molar-refractivity contribution in [3.8, 4) is 0 Å². The van der Waals surface area contributed by atoms with Gasteiger partial charge >= 0.3 is 5.97 Å². The highest BCUT2D eigenvalue weighted by Gasteiger charge is 2.15. The minimum Gasteiger partial charge on any atom is -1.00 e. The molecule has 0 aromatic carbocycles. The van der Waals surface area contributed by atoms with Crippen LogP contribution in [0, 0.1) is 0 Å². The lowest BCUT2D eigenvalue weighted by Crippen LogP contribution is -3.00. The Morgan fingerprint density at radius 2 is 1.57 bits per heavy atom. The van der Waals surface area contributed by atoms with Crippen LogP contribution in [0.25, 0.3) is 0 Å². The molecule has 0 radical (unpaired) electrons. The number of esters is 1. The van der Waals surface area contributed by atoms with Gasteiger partial charge in [-0.15, -0.1) is 0 Å². The van der Waals surface area contributed by atoms with E-state index in [9.17, 15) is 4.79 Å². The molecule has 5 heteroatoms. The van der Waals surface area contributed by atoms with Crippen LogP contribution in [0.2, 0.25) is 0 Å². The number of ether oxygens (including phenoxy) is 1. The highest BCUT2D eigenvalue weighted by atomic mass is 35.5. The summed E-state index contributed by atoms with van der Waals surface area (Å²) in [5, 5.41) is 8.65. The fourth-order valence-electron chi connectivity index (χ4n) is 2.08. The number of carbonyl (C=O) groups is 1. The van der Waals surface area contributed by atoms with Crippen LogP contribution in [0.4, 0.5) is 0 Å². The molecule has 21 heavy (non-hydrogen) atoms. The molecule has 0 aliphatic carbocycles. The van der Waals surface area contributed by atoms with Gasteiger partial charge in [0.1, 0.15) is 0 Å². The summed E-state index contributed by atoms with van der Waals surface area (Å²) in [6, 6.07) is -0.247. The molecular formula is C16H32ClNO3. The average molecular weight is 322 g/mol. The maximum Gasteiger partial charge on any atom is 0.364 e. The van der Waals surface area contributed by atoms with Crippen LogP contribution in [-0.4, -0.2) is 30.8 Å². The standard InChI is InChI=1S/C16H31NO3.ClH/c1-20-16(19)15(17)13-11-9-7-5-3-2-4-6-8-10-12-14-18;/h7,9,15,18H,2-6,8,10-14,17H2,1H3;1H/b9-7-;/t15-;/m0./s1. The number of aliphatic hydroxyl groups is 1. The third-order valence-electron chi connectivity index (χ3n) is 3.41. The first-order valence-corrected chi connectivity index (χ1v) is 7.89. The van der Waals surface area contributed by atoms with Crippen molar-refractivity contribution in [2.45, 2.75) is 70.3 Å². The molecule has 0 aliphatic heterocycles. The van der Waals surface area contributed by atoms with Crippen LogP contribution >= 0.6 is 0 Å². The number of aliphatic hydroxyl groups excluding tert-OH is 1. The van der Waals surface area contributed by atoms with Gasteiger partial charge in [-0.1, -0.05) is 44.3 Å². The molecule has 0 aliphatic rings. The van der Waals surface area contributed by atoms with E-state index in [0.29, 0.717) is 6.61 Å². The minimum absolute atomic E-state index is 0. The first-order chi connectivity index (χ1) is 9.72. The Kier molecular flexibility index (Phi) is 18.9. The highest BCUT2D eigenvalue weighted by Crippen LogP contribution is 2.09. The lowest BCUT2D eigenvalue weighted by Gasteiger charge is -2.03. The molecular weight excluding hydrogens is 290 g/mol. The van der Waals surface area contributed by atoms with Gasteiger partial charge in [0.05, 0.1) is 7.11 Å². The normalized spacial score (nSPS) is 12.1. The van der Waals surface area contributed by atoms with Gasteiger partial charge < -0.3 is 28.0 Å². The first kappa shape index (κ1) is 22.7. The molecule has 0 aromatic rings. The van der Waals surface area contributed by atoms with E-state index in [1.165, 1.54) is 39.2 Å². The van der Waals surface area contributed by atoms with Gasteiger partial charge in [0, 0.05) is 13.0 Å². The fourth-order valence-corrected chi connectivity index (χ4v) is 2.08. The highest BCUT2D eigenvalue weighted by molar-refractivity contribution is 5.73. The van der Waals surface area contributed by atoms with Crippen LogP contribution in [0.3, 0.4) is 0 Å². The fraction of sp³-hybridized carbons (Fsp3) is 0.812. The number of allylic oxidation sites excluding steroid dienone is 2. The quantitative estimate of drug-likeness (QED) is 0.266. The predicted octanol–water partition coefficient (Wildman–Crippen LogP) is -0.777. The van der Waals surface area contributed by atoms with E-state index in [-0.39, 0.29) is 24.4 Å². The van der Waals surface area contributed by atoms with Crippen molar-refractivity contribution in [3.05, 3.63) is 12.2 Å². The van der Waals surface area contributed by atoms with E-state index in [0.717, 1.165) is 32.1 Å². The summed E-state index contributed by atoms with van der Waals surface area (Å²) in [5.74, 6) is -0.223. The van der Waals surface area contributed by atoms with Gasteiger partial charge in [-0.3, -0.25) is 0 Å². The van der Waals surface area contributed by atoms with E-state index < -0.39 is 0 Å². The average Bonchev–Trinajstić information content (AvgIpc) is 2.47. The van der Waals surface area contributed by atoms with E-state index in [4.69, 9.17) is 5.11 Å². The summed E-state index contributed by atoms with van der Waals surface area (Å²) >= 11 is 0. The van der Waals surface area contributed by atoms with Crippen LogP contribution in [0.5, 0.6) is 0 Å².